The van der Waals surface area contributed by atoms with Crippen molar-refractivity contribution in [3.05, 3.63) is 70.8 Å². The molecule has 0 aliphatic carbocycles. The Labute approximate surface area is 168 Å². The van der Waals surface area contributed by atoms with Crippen molar-refractivity contribution in [2.75, 3.05) is 13.1 Å². The molecule has 2 aromatic rings. The van der Waals surface area contributed by atoms with Crippen LogP contribution in [0.3, 0.4) is 0 Å². The lowest BCUT2D eigenvalue weighted by molar-refractivity contribution is -0.144. The van der Waals surface area contributed by atoms with Gasteiger partial charge in [-0.3, -0.25) is 9.69 Å². The van der Waals surface area contributed by atoms with Gasteiger partial charge in [0.2, 0.25) is 0 Å². The SMILES string of the molecule is O=C(O)C1CCCN(C(c2ccc(C(F)(F)F)cc2)c2ccccc2C(F)(F)F)C1. The second-order valence-corrected chi connectivity index (χ2v) is 7.28. The second-order valence-electron chi connectivity index (χ2n) is 7.28. The summed E-state index contributed by atoms with van der Waals surface area (Å²) in [7, 11) is 0. The number of carbonyl (C=O) groups is 1. The Hall–Kier alpha value is -2.55. The fourth-order valence-corrected chi connectivity index (χ4v) is 3.88. The molecule has 0 saturated carbocycles. The van der Waals surface area contributed by atoms with Crippen LogP contribution < -0.4 is 0 Å². The van der Waals surface area contributed by atoms with Gasteiger partial charge in [-0.25, -0.2) is 0 Å². The van der Waals surface area contributed by atoms with E-state index in [1.54, 1.807) is 4.90 Å². The summed E-state index contributed by atoms with van der Waals surface area (Å²) in [6.45, 7) is 0.342. The van der Waals surface area contributed by atoms with Crippen molar-refractivity contribution in [2.24, 2.45) is 5.92 Å². The summed E-state index contributed by atoms with van der Waals surface area (Å²) < 4.78 is 79.8. The number of hydrogen-bond donors (Lipinski definition) is 1. The molecule has 1 fully saturated rings. The minimum atomic E-state index is -4.66. The van der Waals surface area contributed by atoms with Gasteiger partial charge in [0.05, 0.1) is 23.1 Å². The van der Waals surface area contributed by atoms with Crippen LogP contribution in [-0.2, 0) is 17.1 Å². The average Bonchev–Trinajstić information content (AvgIpc) is 2.68. The van der Waals surface area contributed by atoms with Crippen molar-refractivity contribution in [3.63, 3.8) is 0 Å². The zero-order valence-corrected chi connectivity index (χ0v) is 15.7. The molecule has 2 aromatic carbocycles. The third-order valence-electron chi connectivity index (χ3n) is 5.28. The first-order valence-corrected chi connectivity index (χ1v) is 9.28. The maximum Gasteiger partial charge on any atom is 0.416 e. The molecule has 2 unspecified atom stereocenters. The molecule has 3 nitrogen and oxygen atoms in total. The van der Waals surface area contributed by atoms with Gasteiger partial charge >= 0.3 is 18.3 Å². The second kappa shape index (κ2) is 8.29. The van der Waals surface area contributed by atoms with Crippen LogP contribution in [0.1, 0.15) is 41.1 Å². The van der Waals surface area contributed by atoms with E-state index in [9.17, 15) is 36.2 Å². The number of carboxylic acids is 1. The number of halogens is 6. The molecular weight excluding hydrogens is 412 g/mol. The normalized spacial score (nSPS) is 19.5. The first kappa shape index (κ1) is 22.1. The fourth-order valence-electron chi connectivity index (χ4n) is 3.88. The Bertz CT molecular complexity index is 892. The minimum Gasteiger partial charge on any atom is -0.481 e. The number of nitrogens with zero attached hydrogens (tertiary/aromatic N) is 1. The predicted molar refractivity (Wildman–Crippen MR) is 96.7 cm³/mol. The number of likely N-dealkylation sites (tertiary alicyclic amines) is 1. The minimum absolute atomic E-state index is 0.00716. The Morgan fingerprint density at radius 1 is 0.967 bits per heavy atom. The van der Waals surface area contributed by atoms with E-state index in [1.807, 2.05) is 0 Å². The molecule has 30 heavy (non-hydrogen) atoms. The van der Waals surface area contributed by atoms with E-state index in [-0.39, 0.29) is 17.7 Å². The predicted octanol–water partition coefficient (Wildman–Crippen LogP) is 5.61. The van der Waals surface area contributed by atoms with E-state index in [1.165, 1.54) is 18.2 Å². The van der Waals surface area contributed by atoms with Crippen LogP contribution in [0.2, 0.25) is 0 Å². The van der Waals surface area contributed by atoms with Gasteiger partial charge in [0, 0.05) is 6.54 Å². The van der Waals surface area contributed by atoms with E-state index >= 15 is 0 Å². The molecule has 1 aliphatic rings. The lowest BCUT2D eigenvalue weighted by atomic mass is 9.89. The first-order valence-electron chi connectivity index (χ1n) is 9.28. The summed E-state index contributed by atoms with van der Waals surface area (Å²) >= 11 is 0. The Morgan fingerprint density at radius 2 is 1.60 bits per heavy atom. The van der Waals surface area contributed by atoms with Crippen LogP contribution in [0.15, 0.2) is 48.5 Å². The maximum absolute atomic E-state index is 13.7. The van der Waals surface area contributed by atoms with E-state index < -0.39 is 41.4 Å². The van der Waals surface area contributed by atoms with Gasteiger partial charge in [0.25, 0.3) is 0 Å². The Kier molecular flexibility index (Phi) is 6.12. The molecule has 1 saturated heterocycles. The van der Waals surface area contributed by atoms with Crippen molar-refractivity contribution < 1.29 is 36.2 Å². The van der Waals surface area contributed by atoms with Gasteiger partial charge in [0.1, 0.15) is 0 Å². The lowest BCUT2D eigenvalue weighted by Gasteiger charge is -2.38. The maximum atomic E-state index is 13.7. The molecule has 0 amide bonds. The van der Waals surface area contributed by atoms with Gasteiger partial charge in [-0.1, -0.05) is 30.3 Å². The summed E-state index contributed by atoms with van der Waals surface area (Å²) in [5.74, 6) is -1.80. The Balaban J connectivity index is 2.10. The molecular formula is C21H19F6NO2. The number of hydrogen-bond acceptors (Lipinski definition) is 2. The third kappa shape index (κ3) is 4.77. The molecule has 9 heteroatoms. The quantitative estimate of drug-likeness (QED) is 0.640. The van der Waals surface area contributed by atoms with Crippen LogP contribution in [0, 0.1) is 5.92 Å². The van der Waals surface area contributed by atoms with Crippen LogP contribution >= 0.6 is 0 Å². The van der Waals surface area contributed by atoms with Crippen molar-refractivity contribution in [2.45, 2.75) is 31.2 Å². The van der Waals surface area contributed by atoms with E-state index in [0.717, 1.165) is 30.3 Å². The molecule has 1 heterocycles. The van der Waals surface area contributed by atoms with Gasteiger partial charge in [-0.2, -0.15) is 26.3 Å². The average molecular weight is 431 g/mol. The summed E-state index contributed by atoms with van der Waals surface area (Å²) in [6, 6.07) is 7.84. The Morgan fingerprint density at radius 3 is 2.17 bits per heavy atom. The van der Waals surface area contributed by atoms with Gasteiger partial charge in [-0.05, 0) is 48.7 Å². The van der Waals surface area contributed by atoms with Crippen LogP contribution in [0.4, 0.5) is 26.3 Å². The van der Waals surface area contributed by atoms with Crippen molar-refractivity contribution in [1.29, 1.82) is 0 Å². The lowest BCUT2D eigenvalue weighted by Crippen LogP contribution is -2.41. The van der Waals surface area contributed by atoms with Gasteiger partial charge in [-0.15, -0.1) is 0 Å². The van der Waals surface area contributed by atoms with Gasteiger partial charge in [0.15, 0.2) is 0 Å². The number of carboxylic acid groups (broad SMARTS) is 1. The molecule has 1 aliphatic heterocycles. The molecule has 3 rings (SSSR count). The third-order valence-corrected chi connectivity index (χ3v) is 5.28. The summed E-state index contributed by atoms with van der Waals surface area (Å²) in [4.78, 5) is 13.1. The van der Waals surface area contributed by atoms with E-state index in [4.69, 9.17) is 0 Å². The number of aliphatic carboxylic acids is 1. The molecule has 0 radical (unpaired) electrons. The van der Waals surface area contributed by atoms with E-state index in [0.29, 0.717) is 19.4 Å². The first-order chi connectivity index (χ1) is 14.0. The molecule has 0 spiro atoms. The van der Waals surface area contributed by atoms with Crippen molar-refractivity contribution in [3.8, 4) is 0 Å². The molecule has 2 atom stereocenters. The van der Waals surface area contributed by atoms with Crippen LogP contribution in [-0.4, -0.2) is 29.1 Å². The van der Waals surface area contributed by atoms with Crippen molar-refractivity contribution in [1.82, 2.24) is 4.90 Å². The zero-order chi connectivity index (χ0) is 22.1. The van der Waals surface area contributed by atoms with Crippen molar-refractivity contribution >= 4 is 5.97 Å². The monoisotopic (exact) mass is 431 g/mol. The molecule has 162 valence electrons. The summed E-state index contributed by atoms with van der Waals surface area (Å²) in [5.41, 5.74) is -1.68. The largest absolute Gasteiger partial charge is 0.481 e. The summed E-state index contributed by atoms with van der Waals surface area (Å²) in [5, 5.41) is 9.36. The highest BCUT2D eigenvalue weighted by Gasteiger charge is 2.39. The van der Waals surface area contributed by atoms with Crippen LogP contribution in [0.25, 0.3) is 0 Å². The number of alkyl halides is 6. The number of rotatable bonds is 4. The standard InChI is InChI=1S/C21H19F6NO2/c22-20(23,24)15-9-7-13(8-10-15)18(28-11-3-4-14(12-28)19(29)30)16-5-1-2-6-17(16)21(25,26)27/h1-2,5-10,14,18H,3-4,11-12H2,(H,29,30). The smallest absolute Gasteiger partial charge is 0.416 e. The molecule has 0 aromatic heterocycles. The fraction of sp³-hybridized carbons (Fsp3) is 0.381. The zero-order valence-electron chi connectivity index (χ0n) is 15.7. The molecule has 0 bridgehead atoms. The van der Waals surface area contributed by atoms with Crippen LogP contribution in [0.5, 0.6) is 0 Å². The number of piperidine rings is 1. The summed E-state index contributed by atoms with van der Waals surface area (Å²) in [6.07, 6.45) is -8.38. The highest BCUT2D eigenvalue weighted by Crippen LogP contribution is 2.41. The van der Waals surface area contributed by atoms with E-state index in [2.05, 4.69) is 0 Å². The molecule has 1 N–H and O–H groups in total. The van der Waals surface area contributed by atoms with Gasteiger partial charge < -0.3 is 5.11 Å². The number of benzene rings is 2. The topological polar surface area (TPSA) is 40.5 Å². The highest BCUT2D eigenvalue weighted by molar-refractivity contribution is 5.70. The highest BCUT2D eigenvalue weighted by atomic mass is 19.4.